The minimum absolute atomic E-state index is 0. The average Bonchev–Trinajstić information content (AvgIpc) is 2.75. The van der Waals surface area contributed by atoms with Crippen LogP contribution in [0.25, 0.3) is 0 Å². The largest absolute Gasteiger partial charge is 0.416 e. The van der Waals surface area contributed by atoms with Crippen LogP contribution >= 0.6 is 12.4 Å². The van der Waals surface area contributed by atoms with Gasteiger partial charge in [-0.15, -0.1) is 12.4 Å². The van der Waals surface area contributed by atoms with E-state index in [1.807, 2.05) is 0 Å². The average molecular weight is 469 g/mol. The number of alkyl halides is 3. The second kappa shape index (κ2) is 10.7. The summed E-state index contributed by atoms with van der Waals surface area (Å²) in [6, 6.07) is 11.4. The molecule has 168 valence electrons. The van der Waals surface area contributed by atoms with Gasteiger partial charge in [0, 0.05) is 19.2 Å². The Bertz CT molecular complexity index is 1110. The molecule has 1 heterocycles. The van der Waals surface area contributed by atoms with E-state index in [9.17, 15) is 27.2 Å². The number of rotatable bonds is 6. The molecule has 0 radical (unpaired) electrons. The number of aromatic nitrogens is 2. The van der Waals surface area contributed by atoms with Gasteiger partial charge in [0.1, 0.15) is 23.5 Å². The Morgan fingerprint density at radius 1 is 0.812 bits per heavy atom. The molecule has 0 aliphatic carbocycles. The molecule has 3 rings (SSSR count). The SMILES string of the molecule is Cl.O=C(NCc1cccc(F)c1)c1cc(C(=O)NCc2cccc(C(F)(F)F)c2)ncn1. The van der Waals surface area contributed by atoms with Crippen LogP contribution in [0.5, 0.6) is 0 Å². The van der Waals surface area contributed by atoms with Crippen LogP contribution in [0.15, 0.2) is 60.9 Å². The fraction of sp³-hybridized carbons (Fsp3) is 0.143. The van der Waals surface area contributed by atoms with E-state index < -0.39 is 29.4 Å². The summed E-state index contributed by atoms with van der Waals surface area (Å²) < 4.78 is 51.5. The minimum Gasteiger partial charge on any atom is -0.347 e. The van der Waals surface area contributed by atoms with E-state index >= 15 is 0 Å². The summed E-state index contributed by atoms with van der Waals surface area (Å²) in [4.78, 5) is 32.1. The second-order valence-corrected chi connectivity index (χ2v) is 6.48. The maximum atomic E-state index is 13.2. The Kier molecular flexibility index (Phi) is 8.25. The molecule has 32 heavy (non-hydrogen) atoms. The highest BCUT2D eigenvalue weighted by molar-refractivity contribution is 5.97. The molecule has 3 aromatic rings. The van der Waals surface area contributed by atoms with E-state index in [4.69, 9.17) is 0 Å². The summed E-state index contributed by atoms with van der Waals surface area (Å²) in [5.41, 5.74) is -0.237. The van der Waals surface area contributed by atoms with Gasteiger partial charge in [-0.25, -0.2) is 14.4 Å². The molecule has 2 aromatic carbocycles. The predicted molar refractivity (Wildman–Crippen MR) is 109 cm³/mol. The molecule has 0 spiro atoms. The van der Waals surface area contributed by atoms with Crippen molar-refractivity contribution in [3.8, 4) is 0 Å². The van der Waals surface area contributed by atoms with Gasteiger partial charge < -0.3 is 10.6 Å². The van der Waals surface area contributed by atoms with Crippen molar-refractivity contribution >= 4 is 24.2 Å². The smallest absolute Gasteiger partial charge is 0.347 e. The van der Waals surface area contributed by atoms with E-state index in [1.54, 1.807) is 6.07 Å². The zero-order valence-corrected chi connectivity index (χ0v) is 17.1. The Labute approximate surface area is 186 Å². The summed E-state index contributed by atoms with van der Waals surface area (Å²) in [5, 5.41) is 5.01. The molecule has 0 bridgehead atoms. The number of carbonyl (C=O) groups excluding carboxylic acids is 2. The summed E-state index contributed by atoms with van der Waals surface area (Å²) in [7, 11) is 0. The summed E-state index contributed by atoms with van der Waals surface area (Å²) >= 11 is 0. The molecule has 11 heteroatoms. The number of hydrogen-bond donors (Lipinski definition) is 2. The predicted octanol–water partition coefficient (Wildman–Crippen LogP) is 3.92. The van der Waals surface area contributed by atoms with Gasteiger partial charge in [0.25, 0.3) is 11.8 Å². The van der Waals surface area contributed by atoms with Gasteiger partial charge in [-0.1, -0.05) is 24.3 Å². The highest BCUT2D eigenvalue weighted by Gasteiger charge is 2.30. The number of benzene rings is 2. The van der Waals surface area contributed by atoms with Crippen LogP contribution in [0.2, 0.25) is 0 Å². The van der Waals surface area contributed by atoms with Crippen molar-refractivity contribution < 1.29 is 27.2 Å². The standard InChI is InChI=1S/C21H16F4N4O2.ClH/c22-16-6-2-4-14(8-16)11-27-20(31)18-9-17(28-12-29-18)19(30)26-10-13-3-1-5-15(7-13)21(23,24)25;/h1-9,12H,10-11H2,(H,26,30)(H,27,31);1H. The van der Waals surface area contributed by atoms with Crippen molar-refractivity contribution in [2.24, 2.45) is 0 Å². The van der Waals surface area contributed by atoms with Crippen LogP contribution in [-0.4, -0.2) is 21.8 Å². The van der Waals surface area contributed by atoms with E-state index in [0.717, 1.165) is 24.5 Å². The molecule has 0 fully saturated rings. The minimum atomic E-state index is -4.49. The summed E-state index contributed by atoms with van der Waals surface area (Å²) in [6.45, 7) is -0.106. The maximum absolute atomic E-state index is 13.2. The van der Waals surface area contributed by atoms with E-state index in [1.165, 1.54) is 30.3 Å². The topological polar surface area (TPSA) is 84.0 Å². The molecular weight excluding hydrogens is 452 g/mol. The summed E-state index contributed by atoms with van der Waals surface area (Å²) in [5.74, 6) is -1.72. The van der Waals surface area contributed by atoms with Crippen LogP contribution in [0.1, 0.15) is 37.7 Å². The van der Waals surface area contributed by atoms with Crippen molar-refractivity contribution in [2.45, 2.75) is 19.3 Å². The molecule has 0 aliphatic heterocycles. The Morgan fingerprint density at radius 2 is 1.34 bits per heavy atom. The highest BCUT2D eigenvalue weighted by atomic mass is 35.5. The molecule has 0 saturated carbocycles. The van der Waals surface area contributed by atoms with Crippen LogP contribution in [0.4, 0.5) is 17.6 Å². The first-order chi connectivity index (χ1) is 14.7. The number of amides is 2. The van der Waals surface area contributed by atoms with Crippen LogP contribution in [0.3, 0.4) is 0 Å². The molecule has 0 aliphatic rings. The quantitative estimate of drug-likeness (QED) is 0.537. The number of hydrogen-bond acceptors (Lipinski definition) is 4. The number of carbonyl (C=O) groups is 2. The zero-order chi connectivity index (χ0) is 22.4. The molecule has 1 aromatic heterocycles. The first-order valence-corrected chi connectivity index (χ1v) is 9.01. The molecule has 2 amide bonds. The van der Waals surface area contributed by atoms with Crippen LogP contribution in [0, 0.1) is 5.82 Å². The Morgan fingerprint density at radius 3 is 1.88 bits per heavy atom. The number of halogens is 5. The second-order valence-electron chi connectivity index (χ2n) is 6.48. The maximum Gasteiger partial charge on any atom is 0.416 e. The van der Waals surface area contributed by atoms with Crippen LogP contribution in [-0.2, 0) is 19.3 Å². The molecule has 6 nitrogen and oxygen atoms in total. The number of nitrogens with one attached hydrogen (secondary N) is 2. The van der Waals surface area contributed by atoms with Crippen molar-refractivity contribution in [1.82, 2.24) is 20.6 Å². The van der Waals surface area contributed by atoms with Crippen molar-refractivity contribution in [3.05, 3.63) is 94.8 Å². The van der Waals surface area contributed by atoms with Gasteiger partial charge in [-0.2, -0.15) is 13.2 Å². The van der Waals surface area contributed by atoms with Gasteiger partial charge in [-0.3, -0.25) is 9.59 Å². The first kappa shape index (κ1) is 24.7. The van der Waals surface area contributed by atoms with Gasteiger partial charge in [0.05, 0.1) is 5.56 Å². The molecule has 0 saturated heterocycles. The fourth-order valence-electron chi connectivity index (χ4n) is 2.66. The van der Waals surface area contributed by atoms with Crippen molar-refractivity contribution in [3.63, 3.8) is 0 Å². The molecule has 0 unspecified atom stereocenters. The van der Waals surface area contributed by atoms with Gasteiger partial charge >= 0.3 is 6.18 Å². The lowest BCUT2D eigenvalue weighted by Crippen LogP contribution is -2.27. The third-order valence-electron chi connectivity index (χ3n) is 4.18. The monoisotopic (exact) mass is 468 g/mol. The normalized spacial score (nSPS) is 10.8. The Hall–Kier alpha value is -3.53. The molecule has 2 N–H and O–H groups in total. The lowest BCUT2D eigenvalue weighted by Gasteiger charge is -2.10. The van der Waals surface area contributed by atoms with Crippen molar-refractivity contribution in [2.75, 3.05) is 0 Å². The van der Waals surface area contributed by atoms with E-state index in [0.29, 0.717) is 5.56 Å². The van der Waals surface area contributed by atoms with Gasteiger partial charge in [0.2, 0.25) is 0 Å². The van der Waals surface area contributed by atoms with Gasteiger partial charge in [0.15, 0.2) is 0 Å². The van der Waals surface area contributed by atoms with E-state index in [-0.39, 0.29) is 42.4 Å². The summed E-state index contributed by atoms with van der Waals surface area (Å²) in [6.07, 6.45) is -3.46. The van der Waals surface area contributed by atoms with Crippen LogP contribution < -0.4 is 10.6 Å². The van der Waals surface area contributed by atoms with Gasteiger partial charge in [-0.05, 0) is 35.4 Å². The number of nitrogens with zero attached hydrogens (tertiary/aromatic N) is 2. The first-order valence-electron chi connectivity index (χ1n) is 9.01. The Balaban J connectivity index is 0.00000363. The fourth-order valence-corrected chi connectivity index (χ4v) is 2.66. The van der Waals surface area contributed by atoms with E-state index in [2.05, 4.69) is 20.6 Å². The third-order valence-corrected chi connectivity index (χ3v) is 4.18. The molecular formula is C21H17ClF4N4O2. The molecule has 0 atom stereocenters. The van der Waals surface area contributed by atoms with Crippen molar-refractivity contribution in [1.29, 1.82) is 0 Å². The third kappa shape index (κ3) is 6.74. The lowest BCUT2D eigenvalue weighted by molar-refractivity contribution is -0.137. The zero-order valence-electron chi connectivity index (χ0n) is 16.3. The lowest BCUT2D eigenvalue weighted by atomic mass is 10.1. The highest BCUT2D eigenvalue weighted by Crippen LogP contribution is 2.29.